The van der Waals surface area contributed by atoms with Crippen molar-refractivity contribution >= 4 is 23.0 Å². The standard InChI is InChI=1S/C25H28N2O4S/c1-17-5-6-22(23(28)11-17)27-14-20-21(25(27)29)16-32-24(20)15-31-19-4-2-3-18(12-19)13-26-7-9-30-10-8-26/h2-4,12,16,22H,1,5-11,13-15H2/t22-/m0/s1. The van der Waals surface area contributed by atoms with Crippen molar-refractivity contribution in [3.8, 4) is 5.75 Å². The third-order valence-electron chi connectivity index (χ3n) is 6.52. The van der Waals surface area contributed by atoms with Gasteiger partial charge in [-0.05, 0) is 30.5 Å². The number of Topliss-reactive ketones (excluding diaryl/α,β-unsaturated/α-hetero) is 1. The maximum Gasteiger partial charge on any atom is 0.255 e. The fourth-order valence-corrected chi connectivity index (χ4v) is 5.68. The molecule has 32 heavy (non-hydrogen) atoms. The molecule has 2 aliphatic heterocycles. The molecule has 2 fully saturated rings. The number of amides is 1. The van der Waals surface area contributed by atoms with Crippen LogP contribution in [0.15, 0.2) is 41.8 Å². The topological polar surface area (TPSA) is 59.1 Å². The molecule has 3 aliphatic rings. The average Bonchev–Trinajstić information content (AvgIpc) is 3.33. The molecule has 5 rings (SSSR count). The molecule has 0 N–H and O–H groups in total. The van der Waals surface area contributed by atoms with Gasteiger partial charge in [0.05, 0.1) is 24.8 Å². The molecule has 2 aromatic rings. The lowest BCUT2D eigenvalue weighted by Crippen LogP contribution is -2.43. The number of rotatable bonds is 6. The van der Waals surface area contributed by atoms with E-state index in [9.17, 15) is 9.59 Å². The number of fused-ring (bicyclic) bond motifs is 1. The monoisotopic (exact) mass is 452 g/mol. The maximum atomic E-state index is 12.9. The summed E-state index contributed by atoms with van der Waals surface area (Å²) in [6.07, 6.45) is 1.88. The summed E-state index contributed by atoms with van der Waals surface area (Å²) >= 11 is 1.56. The van der Waals surface area contributed by atoms with E-state index in [0.29, 0.717) is 26.0 Å². The molecule has 0 unspecified atom stereocenters. The number of ether oxygens (including phenoxy) is 2. The third kappa shape index (κ3) is 4.37. The van der Waals surface area contributed by atoms with Crippen molar-refractivity contribution in [1.29, 1.82) is 0 Å². The molecule has 168 valence electrons. The fourth-order valence-electron chi connectivity index (χ4n) is 4.73. The van der Waals surface area contributed by atoms with Crippen LogP contribution in [0.25, 0.3) is 0 Å². The van der Waals surface area contributed by atoms with E-state index in [4.69, 9.17) is 9.47 Å². The molecule has 3 heterocycles. The number of thiophene rings is 1. The molecule has 1 aromatic carbocycles. The number of hydrogen-bond donors (Lipinski definition) is 0. The van der Waals surface area contributed by atoms with E-state index in [1.807, 2.05) is 17.5 Å². The first-order valence-electron chi connectivity index (χ1n) is 11.2. The second-order valence-corrected chi connectivity index (χ2v) is 9.72. The Labute approximate surface area is 192 Å². The Hall–Kier alpha value is -2.48. The first kappa shape index (κ1) is 21.4. The van der Waals surface area contributed by atoms with Gasteiger partial charge in [0, 0.05) is 48.4 Å². The molecule has 1 amide bonds. The Balaban J connectivity index is 1.23. The van der Waals surface area contributed by atoms with E-state index < -0.39 is 0 Å². The fraction of sp³-hybridized carbons (Fsp3) is 0.440. The summed E-state index contributed by atoms with van der Waals surface area (Å²) in [5.74, 6) is 0.916. The van der Waals surface area contributed by atoms with E-state index in [1.165, 1.54) is 5.56 Å². The second-order valence-electron chi connectivity index (χ2n) is 8.76. The number of nitrogens with zero attached hydrogens (tertiary/aromatic N) is 2. The summed E-state index contributed by atoms with van der Waals surface area (Å²) in [5, 5.41) is 1.91. The van der Waals surface area contributed by atoms with Gasteiger partial charge in [-0.15, -0.1) is 11.3 Å². The number of benzene rings is 1. The summed E-state index contributed by atoms with van der Waals surface area (Å²) < 4.78 is 11.5. The Morgan fingerprint density at radius 3 is 2.88 bits per heavy atom. The molecular formula is C25H28N2O4S. The normalized spacial score (nSPS) is 21.8. The van der Waals surface area contributed by atoms with Crippen molar-refractivity contribution in [1.82, 2.24) is 9.80 Å². The highest BCUT2D eigenvalue weighted by atomic mass is 32.1. The summed E-state index contributed by atoms with van der Waals surface area (Å²) in [6.45, 7) is 9.23. The highest BCUT2D eigenvalue weighted by Crippen LogP contribution is 2.36. The number of ketones is 1. The average molecular weight is 453 g/mol. The van der Waals surface area contributed by atoms with Crippen LogP contribution in [0.4, 0.5) is 0 Å². The SMILES string of the molecule is C=C1CC[C@H](N2Cc3c(csc3COc3cccc(CN4CCOCC4)c3)C2=O)C(=O)C1. The number of morpholine rings is 1. The molecule has 1 saturated carbocycles. The van der Waals surface area contributed by atoms with Gasteiger partial charge in [0.25, 0.3) is 5.91 Å². The zero-order valence-corrected chi connectivity index (χ0v) is 19.0. The molecule has 1 aliphatic carbocycles. The van der Waals surface area contributed by atoms with Crippen LogP contribution in [0.3, 0.4) is 0 Å². The molecule has 0 spiro atoms. The van der Waals surface area contributed by atoms with Crippen LogP contribution in [0.2, 0.25) is 0 Å². The van der Waals surface area contributed by atoms with Gasteiger partial charge in [-0.25, -0.2) is 0 Å². The van der Waals surface area contributed by atoms with E-state index in [0.717, 1.165) is 66.6 Å². The van der Waals surface area contributed by atoms with Crippen LogP contribution in [0.5, 0.6) is 5.75 Å². The lowest BCUT2D eigenvalue weighted by molar-refractivity contribution is -0.124. The lowest BCUT2D eigenvalue weighted by atomic mass is 9.90. The predicted octanol–water partition coefficient (Wildman–Crippen LogP) is 3.79. The number of hydrogen-bond acceptors (Lipinski definition) is 6. The van der Waals surface area contributed by atoms with Gasteiger partial charge in [-0.1, -0.05) is 24.3 Å². The van der Waals surface area contributed by atoms with Crippen molar-refractivity contribution in [2.75, 3.05) is 26.3 Å². The molecule has 6 nitrogen and oxygen atoms in total. The van der Waals surface area contributed by atoms with E-state index in [1.54, 1.807) is 16.2 Å². The summed E-state index contributed by atoms with van der Waals surface area (Å²) in [5.41, 5.74) is 3.94. The van der Waals surface area contributed by atoms with Crippen LogP contribution < -0.4 is 4.74 Å². The largest absolute Gasteiger partial charge is 0.488 e. The van der Waals surface area contributed by atoms with Crippen LogP contribution in [0, 0.1) is 0 Å². The van der Waals surface area contributed by atoms with Crippen molar-refractivity contribution in [3.63, 3.8) is 0 Å². The first-order chi connectivity index (χ1) is 15.6. The van der Waals surface area contributed by atoms with Gasteiger partial charge in [-0.3, -0.25) is 14.5 Å². The third-order valence-corrected chi connectivity index (χ3v) is 7.52. The highest BCUT2D eigenvalue weighted by Gasteiger charge is 2.39. The summed E-state index contributed by atoms with van der Waals surface area (Å²) in [7, 11) is 0. The zero-order valence-electron chi connectivity index (χ0n) is 18.2. The minimum absolute atomic E-state index is 0.0270. The van der Waals surface area contributed by atoms with E-state index >= 15 is 0 Å². The second kappa shape index (κ2) is 9.17. The highest BCUT2D eigenvalue weighted by molar-refractivity contribution is 7.10. The number of carbonyl (C=O) groups excluding carboxylic acids is 2. The van der Waals surface area contributed by atoms with Gasteiger partial charge < -0.3 is 14.4 Å². The first-order valence-corrected chi connectivity index (χ1v) is 12.1. The van der Waals surface area contributed by atoms with E-state index in [-0.39, 0.29) is 17.7 Å². The van der Waals surface area contributed by atoms with Gasteiger partial charge >= 0.3 is 0 Å². The molecular weight excluding hydrogens is 424 g/mol. The zero-order chi connectivity index (χ0) is 22.1. The molecule has 7 heteroatoms. The Morgan fingerprint density at radius 2 is 2.06 bits per heavy atom. The van der Waals surface area contributed by atoms with Gasteiger partial charge in [0.1, 0.15) is 12.4 Å². The van der Waals surface area contributed by atoms with Crippen LogP contribution in [-0.4, -0.2) is 53.8 Å². The molecule has 0 radical (unpaired) electrons. The molecule has 1 aromatic heterocycles. The summed E-state index contributed by atoms with van der Waals surface area (Å²) in [4.78, 5) is 30.6. The minimum Gasteiger partial charge on any atom is -0.488 e. The summed E-state index contributed by atoms with van der Waals surface area (Å²) in [6, 6.07) is 7.89. The molecule has 1 saturated heterocycles. The Kier molecular flexibility index (Phi) is 6.13. The predicted molar refractivity (Wildman–Crippen MR) is 123 cm³/mol. The van der Waals surface area contributed by atoms with Crippen molar-refractivity contribution in [3.05, 3.63) is 63.4 Å². The van der Waals surface area contributed by atoms with Gasteiger partial charge in [-0.2, -0.15) is 0 Å². The smallest absolute Gasteiger partial charge is 0.255 e. The molecule has 1 atom stereocenters. The van der Waals surface area contributed by atoms with Crippen molar-refractivity contribution in [2.45, 2.75) is 45.0 Å². The van der Waals surface area contributed by atoms with Gasteiger partial charge in [0.2, 0.25) is 0 Å². The molecule has 0 bridgehead atoms. The van der Waals surface area contributed by atoms with Crippen LogP contribution in [-0.2, 0) is 29.2 Å². The lowest BCUT2D eigenvalue weighted by Gasteiger charge is -2.30. The van der Waals surface area contributed by atoms with Crippen LogP contribution >= 0.6 is 11.3 Å². The quantitative estimate of drug-likeness (QED) is 0.624. The minimum atomic E-state index is -0.323. The maximum absolute atomic E-state index is 12.9. The van der Waals surface area contributed by atoms with Crippen LogP contribution in [0.1, 0.15) is 45.6 Å². The van der Waals surface area contributed by atoms with Crippen molar-refractivity contribution < 1.29 is 19.1 Å². The Morgan fingerprint density at radius 1 is 1.22 bits per heavy atom. The van der Waals surface area contributed by atoms with E-state index in [2.05, 4.69) is 23.6 Å². The van der Waals surface area contributed by atoms with Gasteiger partial charge in [0.15, 0.2) is 5.78 Å². The number of allylic oxidation sites excluding steroid dienone is 1. The van der Waals surface area contributed by atoms with Crippen molar-refractivity contribution in [2.24, 2.45) is 0 Å². The Bertz CT molecular complexity index is 1040. The number of carbonyl (C=O) groups is 2.